The number of aliphatic hydroxyl groups excluding tert-OH is 1. The minimum Gasteiger partial charge on any atom is -0.487 e. The van der Waals surface area contributed by atoms with E-state index in [-0.39, 0.29) is 54.4 Å². The molecule has 22 heteroatoms. The summed E-state index contributed by atoms with van der Waals surface area (Å²) >= 11 is 0. The number of halogens is 1. The monoisotopic (exact) mass is 1160 g/mol. The Hall–Kier alpha value is -6.14. The number of nitrogens with one attached hydrogen (secondary N) is 1. The molecule has 14 atom stereocenters. The number of carboxylic acid groups (broad SMARTS) is 1. The topological polar surface area (TPSA) is 241 Å². The summed E-state index contributed by atoms with van der Waals surface area (Å²) in [5, 5.41) is 23.2. The van der Waals surface area contributed by atoms with Gasteiger partial charge in [0.05, 0.1) is 40.3 Å². The lowest BCUT2D eigenvalue weighted by molar-refractivity contribution is -0.295. The number of aliphatic hydroxyl groups is 1. The van der Waals surface area contributed by atoms with Gasteiger partial charge in [0.2, 0.25) is 5.43 Å². The number of aromatic carboxylic acids is 1. The van der Waals surface area contributed by atoms with E-state index in [1.165, 1.54) is 25.2 Å². The van der Waals surface area contributed by atoms with Gasteiger partial charge in [0.15, 0.2) is 29.2 Å². The number of nitrogens with zero attached hydrogens (tertiary/aromatic N) is 6. The predicted molar refractivity (Wildman–Crippen MR) is 308 cm³/mol. The Morgan fingerprint density at radius 2 is 1.66 bits per heavy atom. The van der Waals surface area contributed by atoms with E-state index in [2.05, 4.69) is 15.3 Å². The number of pyridine rings is 2. The third kappa shape index (κ3) is 12.5. The van der Waals surface area contributed by atoms with Gasteiger partial charge in [0.25, 0.3) is 0 Å². The van der Waals surface area contributed by atoms with Crippen LogP contribution in [0.2, 0.25) is 0 Å². The molecule has 454 valence electrons. The van der Waals surface area contributed by atoms with E-state index in [1.54, 1.807) is 45.4 Å². The SMILES string of the molecule is CC[C@H]1OC(=O)[C@H](C)C(=O)[C@H](C)[C@@H](O[C@@H]2O[C@H](C)C[C@H](N(C)C)[C@H]2O)[C@](C)(OC)C[C@@H](C)C(=O)[C@H](C)[C@H]2N(NCCCc3ccnc4ccccc34)C(=O)O[C@]12C.C[C@H]1COc2c(N3CCN(C)CC3)c(F)cc3c(=O)c(C(=O)O)cn1c23. The number of carbonyl (C=O) groups excluding carboxylic acids is 4. The maximum absolute atomic E-state index is 15.0. The zero-order valence-corrected chi connectivity index (χ0v) is 50.2. The maximum Gasteiger partial charge on any atom is 0.425 e. The van der Waals surface area contributed by atoms with Crippen LogP contribution in [-0.2, 0) is 44.5 Å². The van der Waals surface area contributed by atoms with Crippen LogP contribution < -0.4 is 20.5 Å². The highest BCUT2D eigenvalue weighted by atomic mass is 19.1. The Morgan fingerprint density at radius 3 is 2.33 bits per heavy atom. The van der Waals surface area contributed by atoms with E-state index in [9.17, 15) is 43.4 Å². The standard InChI is InChI=1S/C43H64N4O10.C18H20FN3O4/c1-12-33-43(8)37(47(41(52)57-43)45-20-15-16-29-19-21-44-31-18-14-13-17-30(29)31)26(4)34(48)24(2)23-42(7,53-11)38(27(5)35(49)28(6)39(51)55-33)56-40-36(50)32(46(9)10)22-25(3)54-40;1-10-9-26-17-14-11(16(23)12(18(24)25)8-22(10)14)7-13(19)15(17)21-5-3-20(2)4-6-21/h13-14,17-19,21,24-28,32-33,36-38,40,45,50H,12,15-16,20,22-23H2,1-11H3;7-8,10H,3-6,9H2,1-2H3,(H,24,25)/t24-,25-,26+,27+,28-,32+,33-,36-,37-,38-,40+,42-,43-;10-/m10/s1. The fourth-order valence-electron chi connectivity index (χ4n) is 13.1. The van der Waals surface area contributed by atoms with Crippen LogP contribution in [0.5, 0.6) is 5.75 Å². The van der Waals surface area contributed by atoms with Gasteiger partial charge in [-0.15, -0.1) is 0 Å². The Balaban J connectivity index is 0.000000285. The summed E-state index contributed by atoms with van der Waals surface area (Å²) in [7, 11) is 7.25. The molecule has 0 bridgehead atoms. The summed E-state index contributed by atoms with van der Waals surface area (Å²) in [4.78, 5) is 91.2. The number of hydrogen-bond acceptors (Lipinski definition) is 18. The van der Waals surface area contributed by atoms with Crippen molar-refractivity contribution in [2.75, 3.05) is 72.5 Å². The van der Waals surface area contributed by atoms with Crippen molar-refractivity contribution in [1.82, 2.24) is 29.8 Å². The number of Topliss-reactive ketones (excluding diaryl/α,β-unsaturated/α-hetero) is 2. The van der Waals surface area contributed by atoms with Crippen molar-refractivity contribution < 1.29 is 67.0 Å². The molecule has 2 aromatic heterocycles. The molecule has 2 aromatic carbocycles. The molecule has 5 aliphatic rings. The summed E-state index contributed by atoms with van der Waals surface area (Å²) in [5.74, 6) is -6.62. The van der Waals surface area contributed by atoms with Crippen LogP contribution in [0.15, 0.2) is 53.6 Å². The van der Waals surface area contributed by atoms with Gasteiger partial charge < -0.3 is 57.9 Å². The minimum absolute atomic E-state index is 0.0434. The molecule has 83 heavy (non-hydrogen) atoms. The van der Waals surface area contributed by atoms with Crippen LogP contribution in [0.1, 0.15) is 110 Å². The van der Waals surface area contributed by atoms with Crippen molar-refractivity contribution in [3.05, 3.63) is 76.0 Å². The normalized spacial score (nSPS) is 31.9. The molecule has 0 radical (unpaired) electrons. The van der Waals surface area contributed by atoms with Crippen molar-refractivity contribution in [3.63, 3.8) is 0 Å². The minimum atomic E-state index is -1.45. The van der Waals surface area contributed by atoms with Crippen LogP contribution in [0.4, 0.5) is 14.9 Å². The molecule has 0 spiro atoms. The van der Waals surface area contributed by atoms with E-state index in [0.717, 1.165) is 35.6 Å². The molecule has 4 fully saturated rings. The number of likely N-dealkylation sites (N-methyl/N-ethyl adjacent to an activating group) is 2. The van der Waals surface area contributed by atoms with Crippen molar-refractivity contribution in [2.45, 2.75) is 154 Å². The number of carbonyl (C=O) groups is 5. The first-order valence-electron chi connectivity index (χ1n) is 29.0. The van der Waals surface area contributed by atoms with E-state index in [0.29, 0.717) is 55.9 Å². The molecule has 0 saturated carbocycles. The predicted octanol–water partition coefficient (Wildman–Crippen LogP) is 6.42. The van der Waals surface area contributed by atoms with Gasteiger partial charge in [-0.1, -0.05) is 45.9 Å². The second-order valence-electron chi connectivity index (χ2n) is 24.0. The summed E-state index contributed by atoms with van der Waals surface area (Å²) in [6.45, 7) is 19.3. The second-order valence-corrected chi connectivity index (χ2v) is 24.0. The van der Waals surface area contributed by atoms with Gasteiger partial charge in [-0.3, -0.25) is 24.2 Å². The number of hydrazine groups is 1. The fourth-order valence-corrected chi connectivity index (χ4v) is 13.1. The first kappa shape index (κ1) is 62.9. The molecule has 5 aliphatic heterocycles. The van der Waals surface area contributed by atoms with Crippen LogP contribution in [0.25, 0.3) is 21.8 Å². The fraction of sp³-hybridized carbons (Fsp3) is 0.623. The van der Waals surface area contributed by atoms with Gasteiger partial charge in [-0.2, -0.15) is 0 Å². The van der Waals surface area contributed by atoms with Crippen molar-refractivity contribution in [1.29, 1.82) is 0 Å². The van der Waals surface area contributed by atoms with Crippen molar-refractivity contribution in [3.8, 4) is 5.75 Å². The number of anilines is 1. The number of ether oxygens (including phenoxy) is 6. The summed E-state index contributed by atoms with van der Waals surface area (Å²) in [6.07, 6.45) is 0.271. The van der Waals surface area contributed by atoms with Gasteiger partial charge >= 0.3 is 18.0 Å². The number of aromatic nitrogens is 2. The number of rotatable bonds is 12. The second kappa shape index (κ2) is 25.6. The number of fused-ring (bicyclic) bond motifs is 2. The number of benzene rings is 2. The molecule has 4 aromatic rings. The first-order valence-corrected chi connectivity index (χ1v) is 29.0. The van der Waals surface area contributed by atoms with Gasteiger partial charge in [0, 0.05) is 81.4 Å². The zero-order chi connectivity index (χ0) is 60.6. The lowest BCUT2D eigenvalue weighted by Crippen LogP contribution is -2.61. The number of cyclic esters (lactones) is 1. The summed E-state index contributed by atoms with van der Waals surface area (Å²) < 4.78 is 53.7. The number of piperazine rings is 1. The van der Waals surface area contributed by atoms with E-state index >= 15 is 0 Å². The summed E-state index contributed by atoms with van der Waals surface area (Å²) in [6, 6.07) is 9.76. The molecule has 0 unspecified atom stereocenters. The highest BCUT2D eigenvalue weighted by Crippen LogP contribution is 2.44. The van der Waals surface area contributed by atoms with Gasteiger partial charge in [-0.25, -0.2) is 24.4 Å². The van der Waals surface area contributed by atoms with E-state index in [1.807, 2.05) is 82.0 Å². The Labute approximate surface area is 484 Å². The van der Waals surface area contributed by atoms with Crippen molar-refractivity contribution in [2.24, 2.45) is 23.7 Å². The number of esters is 1. The highest BCUT2D eigenvalue weighted by molar-refractivity contribution is 6.00. The molecule has 7 heterocycles. The quantitative estimate of drug-likeness (QED) is 0.0788. The first-order chi connectivity index (χ1) is 39.3. The number of amides is 1. The van der Waals surface area contributed by atoms with Crippen LogP contribution in [0, 0.1) is 29.5 Å². The van der Waals surface area contributed by atoms with Crippen LogP contribution >= 0.6 is 0 Å². The molecule has 1 amide bonds. The Morgan fingerprint density at radius 1 is 0.964 bits per heavy atom. The van der Waals surface area contributed by atoms with Gasteiger partial charge in [0.1, 0.15) is 47.8 Å². The third-order valence-electron chi connectivity index (χ3n) is 17.9. The molecule has 4 saturated heterocycles. The Bertz CT molecular complexity index is 3110. The molecular weight excluding hydrogens is 1070 g/mol. The molecule has 9 rings (SSSR count). The van der Waals surface area contributed by atoms with Crippen molar-refractivity contribution >= 4 is 57.1 Å². The number of hydrogen-bond donors (Lipinski definition) is 3. The van der Waals surface area contributed by atoms with E-state index in [4.69, 9.17) is 28.4 Å². The lowest BCUT2D eigenvalue weighted by atomic mass is 9.73. The molecular formula is C61H84FN7O14. The number of aryl methyl sites for hydroxylation is 1. The van der Waals surface area contributed by atoms with Crippen LogP contribution in [0.3, 0.4) is 0 Å². The number of methoxy groups -OCH3 is 1. The maximum atomic E-state index is 15.0. The summed E-state index contributed by atoms with van der Waals surface area (Å²) in [5.41, 5.74) is 2.34. The smallest absolute Gasteiger partial charge is 0.425 e. The number of para-hydroxylation sites is 1. The molecule has 3 N–H and O–H groups in total. The average Bonchev–Trinajstić information content (AvgIpc) is 2.75. The Kier molecular flexibility index (Phi) is 19.4. The number of ketones is 2. The van der Waals surface area contributed by atoms with Gasteiger partial charge in [-0.05, 0) is 112 Å². The largest absolute Gasteiger partial charge is 0.487 e. The lowest BCUT2D eigenvalue weighted by Gasteiger charge is -2.47. The third-order valence-corrected chi connectivity index (χ3v) is 17.9. The van der Waals surface area contributed by atoms with Crippen LogP contribution in [-0.4, -0.2) is 186 Å². The zero-order valence-electron chi connectivity index (χ0n) is 50.2. The molecule has 21 nitrogen and oxygen atoms in total. The number of carboxylic acids is 1. The molecule has 0 aliphatic carbocycles. The van der Waals surface area contributed by atoms with E-state index < -0.39 is 101 Å². The highest BCUT2D eigenvalue weighted by Gasteiger charge is 2.61. The average molecular weight is 1160 g/mol.